The number of hydrogen-bond acceptors (Lipinski definition) is 4. The molecule has 0 aromatic heterocycles. The van der Waals surface area contributed by atoms with Crippen LogP contribution >= 0.6 is 23.2 Å². The Morgan fingerprint density at radius 2 is 1.80 bits per heavy atom. The summed E-state index contributed by atoms with van der Waals surface area (Å²) in [5.74, 6) is -0.585. The first-order valence-corrected chi connectivity index (χ1v) is 6.50. The van der Waals surface area contributed by atoms with Crippen molar-refractivity contribution in [3.8, 4) is 0 Å². The second-order valence-corrected chi connectivity index (χ2v) is 5.09. The quantitative estimate of drug-likeness (QED) is 0.585. The van der Waals surface area contributed by atoms with Crippen LogP contribution in [0, 0.1) is 0 Å². The van der Waals surface area contributed by atoms with Crippen LogP contribution in [0.15, 0.2) is 24.3 Å². The maximum atomic E-state index is 11.7. The standard InChI is InChI=1S/C13H15Cl2NO4/c14-10-2-3-11(15)9(5-10)1-4-12(20)16-13(6-17,7-18)8-19/h1-5,17-19H,6-8H2,(H,16,20)/b4-1+. The molecular weight excluding hydrogens is 305 g/mol. The molecule has 0 saturated carbocycles. The highest BCUT2D eigenvalue weighted by molar-refractivity contribution is 6.34. The van der Waals surface area contributed by atoms with Crippen LogP contribution in [0.5, 0.6) is 0 Å². The Morgan fingerprint density at radius 3 is 2.35 bits per heavy atom. The van der Waals surface area contributed by atoms with E-state index in [4.69, 9.17) is 38.5 Å². The maximum Gasteiger partial charge on any atom is 0.244 e. The minimum absolute atomic E-state index is 0.427. The lowest BCUT2D eigenvalue weighted by atomic mass is 10.0. The average molecular weight is 320 g/mol. The van der Waals surface area contributed by atoms with Gasteiger partial charge in [-0.1, -0.05) is 23.2 Å². The number of rotatable bonds is 6. The SMILES string of the molecule is O=C(/C=C/c1cc(Cl)ccc1Cl)NC(CO)(CO)CO. The molecule has 0 bridgehead atoms. The Morgan fingerprint density at radius 1 is 1.20 bits per heavy atom. The highest BCUT2D eigenvalue weighted by Crippen LogP contribution is 2.21. The molecule has 1 aromatic carbocycles. The number of aliphatic hydroxyl groups is 3. The van der Waals surface area contributed by atoms with Crippen molar-refractivity contribution in [1.82, 2.24) is 5.32 Å². The minimum Gasteiger partial charge on any atom is -0.394 e. The summed E-state index contributed by atoms with van der Waals surface area (Å²) in [7, 11) is 0. The Bertz CT molecular complexity index is 493. The van der Waals surface area contributed by atoms with Crippen LogP contribution < -0.4 is 5.32 Å². The van der Waals surface area contributed by atoms with Crippen LogP contribution in [0.1, 0.15) is 5.56 Å². The van der Waals surface area contributed by atoms with Gasteiger partial charge in [0.05, 0.1) is 19.8 Å². The van der Waals surface area contributed by atoms with Crippen molar-refractivity contribution < 1.29 is 20.1 Å². The number of carbonyl (C=O) groups excluding carboxylic acids is 1. The highest BCUT2D eigenvalue weighted by atomic mass is 35.5. The number of hydrogen-bond donors (Lipinski definition) is 4. The topological polar surface area (TPSA) is 89.8 Å². The average Bonchev–Trinajstić information content (AvgIpc) is 2.46. The van der Waals surface area contributed by atoms with Gasteiger partial charge < -0.3 is 20.6 Å². The molecule has 0 aliphatic heterocycles. The van der Waals surface area contributed by atoms with Crippen molar-refractivity contribution in [2.24, 2.45) is 0 Å². The zero-order valence-electron chi connectivity index (χ0n) is 10.5. The lowest BCUT2D eigenvalue weighted by Crippen LogP contribution is -2.56. The highest BCUT2D eigenvalue weighted by Gasteiger charge is 2.29. The van der Waals surface area contributed by atoms with Crippen LogP contribution in [0.25, 0.3) is 6.08 Å². The van der Waals surface area contributed by atoms with E-state index in [0.29, 0.717) is 15.6 Å². The van der Waals surface area contributed by atoms with Gasteiger partial charge >= 0.3 is 0 Å². The van der Waals surface area contributed by atoms with Crippen molar-refractivity contribution >= 4 is 35.2 Å². The molecule has 0 aliphatic rings. The predicted molar refractivity (Wildman–Crippen MR) is 77.6 cm³/mol. The van der Waals surface area contributed by atoms with Crippen molar-refractivity contribution in [2.45, 2.75) is 5.54 Å². The van der Waals surface area contributed by atoms with Gasteiger partial charge in [-0.15, -0.1) is 0 Å². The molecule has 0 aliphatic carbocycles. The summed E-state index contributed by atoms with van der Waals surface area (Å²) in [6.45, 7) is -1.76. The molecule has 4 N–H and O–H groups in total. The van der Waals surface area contributed by atoms with Gasteiger partial charge in [-0.3, -0.25) is 4.79 Å². The zero-order chi connectivity index (χ0) is 15.2. The Kier molecular flexibility index (Phi) is 6.45. The summed E-state index contributed by atoms with van der Waals surface area (Å²) < 4.78 is 0. The molecule has 0 radical (unpaired) electrons. The number of benzene rings is 1. The van der Waals surface area contributed by atoms with Gasteiger partial charge in [0.2, 0.25) is 5.91 Å². The van der Waals surface area contributed by atoms with Gasteiger partial charge in [0.15, 0.2) is 0 Å². The molecule has 0 spiro atoms. The lowest BCUT2D eigenvalue weighted by molar-refractivity contribution is -0.120. The van der Waals surface area contributed by atoms with E-state index in [0.717, 1.165) is 0 Å². The number of carbonyl (C=O) groups is 1. The summed E-state index contributed by atoms with van der Waals surface area (Å²) >= 11 is 11.7. The molecule has 7 heteroatoms. The van der Waals surface area contributed by atoms with E-state index in [1.165, 1.54) is 12.2 Å². The second kappa shape index (κ2) is 7.61. The summed E-state index contributed by atoms with van der Waals surface area (Å²) in [6.07, 6.45) is 2.62. The van der Waals surface area contributed by atoms with Crippen LogP contribution in [0.3, 0.4) is 0 Å². The third-order valence-electron chi connectivity index (χ3n) is 2.67. The monoisotopic (exact) mass is 319 g/mol. The van der Waals surface area contributed by atoms with Crippen molar-refractivity contribution in [1.29, 1.82) is 0 Å². The normalized spacial score (nSPS) is 11.8. The summed E-state index contributed by atoms with van der Waals surface area (Å²) in [4.78, 5) is 11.7. The minimum atomic E-state index is -1.46. The maximum absolute atomic E-state index is 11.7. The molecule has 1 aromatic rings. The fraction of sp³-hybridized carbons (Fsp3) is 0.308. The first kappa shape index (κ1) is 16.9. The number of aliphatic hydroxyl groups excluding tert-OH is 3. The summed E-state index contributed by atoms with van der Waals surface area (Å²) in [5.41, 5.74) is -0.906. The smallest absolute Gasteiger partial charge is 0.244 e. The molecule has 0 unspecified atom stereocenters. The molecule has 110 valence electrons. The Hall–Kier alpha value is -1.11. The van der Waals surface area contributed by atoms with Gasteiger partial charge in [0, 0.05) is 16.1 Å². The van der Waals surface area contributed by atoms with E-state index >= 15 is 0 Å². The van der Waals surface area contributed by atoms with Crippen LogP contribution in [0.2, 0.25) is 10.0 Å². The van der Waals surface area contributed by atoms with Gasteiger partial charge in [-0.25, -0.2) is 0 Å². The predicted octanol–water partition coefficient (Wildman–Crippen LogP) is 0.838. The van der Waals surface area contributed by atoms with Gasteiger partial charge in [0.1, 0.15) is 5.54 Å². The number of halogens is 2. The van der Waals surface area contributed by atoms with Gasteiger partial charge in [-0.05, 0) is 29.8 Å². The summed E-state index contributed by atoms with van der Waals surface area (Å²) in [6, 6.07) is 4.81. The fourth-order valence-corrected chi connectivity index (χ4v) is 1.74. The molecule has 0 heterocycles. The number of nitrogens with one attached hydrogen (secondary N) is 1. The van der Waals surface area contributed by atoms with Gasteiger partial charge in [0.25, 0.3) is 0 Å². The molecule has 1 amide bonds. The van der Waals surface area contributed by atoms with Crippen LogP contribution in [-0.4, -0.2) is 46.6 Å². The van der Waals surface area contributed by atoms with E-state index < -0.39 is 31.3 Å². The number of amides is 1. The van der Waals surface area contributed by atoms with E-state index in [-0.39, 0.29) is 0 Å². The third-order valence-corrected chi connectivity index (χ3v) is 3.25. The molecule has 5 nitrogen and oxygen atoms in total. The van der Waals surface area contributed by atoms with Gasteiger partial charge in [-0.2, -0.15) is 0 Å². The van der Waals surface area contributed by atoms with Crippen molar-refractivity contribution in [3.05, 3.63) is 39.9 Å². The van der Waals surface area contributed by atoms with Crippen molar-refractivity contribution in [2.75, 3.05) is 19.8 Å². The zero-order valence-corrected chi connectivity index (χ0v) is 12.0. The van der Waals surface area contributed by atoms with E-state index in [1.807, 2.05) is 0 Å². The third kappa shape index (κ3) is 4.47. The first-order valence-electron chi connectivity index (χ1n) is 5.74. The molecule has 1 rings (SSSR count). The molecular formula is C13H15Cl2NO4. The molecule has 0 saturated heterocycles. The van der Waals surface area contributed by atoms with Crippen molar-refractivity contribution in [3.63, 3.8) is 0 Å². The van der Waals surface area contributed by atoms with E-state index in [9.17, 15) is 4.79 Å². The lowest BCUT2D eigenvalue weighted by Gasteiger charge is -2.27. The van der Waals surface area contributed by atoms with E-state index in [2.05, 4.69) is 5.32 Å². The Balaban J connectivity index is 2.80. The summed E-state index contributed by atoms with van der Waals surface area (Å²) in [5, 5.41) is 30.5. The Labute approximate surface area is 126 Å². The van der Waals surface area contributed by atoms with Crippen LogP contribution in [-0.2, 0) is 4.79 Å². The fourth-order valence-electron chi connectivity index (χ4n) is 1.38. The van der Waals surface area contributed by atoms with E-state index in [1.54, 1.807) is 18.2 Å². The van der Waals surface area contributed by atoms with Crippen LogP contribution in [0.4, 0.5) is 0 Å². The molecule has 20 heavy (non-hydrogen) atoms. The molecule has 0 fully saturated rings. The first-order chi connectivity index (χ1) is 9.46. The largest absolute Gasteiger partial charge is 0.394 e. The second-order valence-electron chi connectivity index (χ2n) is 4.24. The molecule has 0 atom stereocenters.